The molecule has 62 valence electrons. The fourth-order valence-corrected chi connectivity index (χ4v) is 0.681. The van der Waals surface area contributed by atoms with Crippen molar-refractivity contribution in [3.63, 3.8) is 0 Å². The lowest BCUT2D eigenvalue weighted by atomic mass is 10.1. The SMILES string of the molecule is CC(C)(C)NCc1ncco1. The number of rotatable bonds is 2. The van der Waals surface area contributed by atoms with Crippen LogP contribution < -0.4 is 5.32 Å². The number of hydrogen-bond acceptors (Lipinski definition) is 3. The number of oxazole rings is 1. The van der Waals surface area contributed by atoms with Crippen LogP contribution in [0.2, 0.25) is 0 Å². The van der Waals surface area contributed by atoms with Crippen molar-refractivity contribution < 1.29 is 4.42 Å². The van der Waals surface area contributed by atoms with E-state index in [0.717, 1.165) is 5.89 Å². The molecule has 1 heterocycles. The molecule has 0 spiro atoms. The van der Waals surface area contributed by atoms with E-state index >= 15 is 0 Å². The summed E-state index contributed by atoms with van der Waals surface area (Å²) < 4.78 is 5.06. The average Bonchev–Trinajstić information content (AvgIpc) is 2.32. The molecule has 0 aliphatic heterocycles. The van der Waals surface area contributed by atoms with Gasteiger partial charge in [-0.25, -0.2) is 4.98 Å². The second kappa shape index (κ2) is 3.05. The summed E-state index contributed by atoms with van der Waals surface area (Å²) in [6.45, 7) is 7.01. The van der Waals surface area contributed by atoms with Crippen LogP contribution in [0.25, 0.3) is 0 Å². The van der Waals surface area contributed by atoms with E-state index in [1.54, 1.807) is 12.5 Å². The van der Waals surface area contributed by atoms with Crippen molar-refractivity contribution in [1.82, 2.24) is 10.3 Å². The molecule has 0 saturated carbocycles. The first-order valence-electron chi connectivity index (χ1n) is 3.71. The first-order chi connectivity index (χ1) is 5.08. The van der Waals surface area contributed by atoms with Crippen LogP contribution in [0.5, 0.6) is 0 Å². The predicted molar refractivity (Wildman–Crippen MR) is 43.1 cm³/mol. The Bertz CT molecular complexity index is 198. The summed E-state index contributed by atoms with van der Waals surface area (Å²) in [5.74, 6) is 0.736. The van der Waals surface area contributed by atoms with E-state index in [-0.39, 0.29) is 5.54 Å². The topological polar surface area (TPSA) is 38.1 Å². The number of hydrogen-bond donors (Lipinski definition) is 1. The van der Waals surface area contributed by atoms with E-state index < -0.39 is 0 Å². The third-order valence-electron chi connectivity index (χ3n) is 1.25. The van der Waals surface area contributed by atoms with Gasteiger partial charge in [-0.05, 0) is 20.8 Å². The Morgan fingerprint density at radius 3 is 2.73 bits per heavy atom. The van der Waals surface area contributed by atoms with Gasteiger partial charge in [0.15, 0.2) is 0 Å². The minimum Gasteiger partial charge on any atom is -0.448 e. The van der Waals surface area contributed by atoms with Crippen LogP contribution in [0, 0.1) is 0 Å². The molecule has 1 rings (SSSR count). The molecule has 3 heteroatoms. The van der Waals surface area contributed by atoms with Crippen molar-refractivity contribution in [3.05, 3.63) is 18.4 Å². The maximum atomic E-state index is 5.06. The maximum absolute atomic E-state index is 5.06. The predicted octanol–water partition coefficient (Wildman–Crippen LogP) is 1.56. The van der Waals surface area contributed by atoms with E-state index in [1.165, 1.54) is 0 Å². The molecule has 0 fully saturated rings. The van der Waals surface area contributed by atoms with Gasteiger partial charge in [-0.15, -0.1) is 0 Å². The molecule has 0 aliphatic rings. The number of nitrogens with one attached hydrogen (secondary N) is 1. The first kappa shape index (κ1) is 8.27. The van der Waals surface area contributed by atoms with E-state index in [2.05, 4.69) is 31.1 Å². The molecule has 1 aromatic rings. The summed E-state index contributed by atoms with van der Waals surface area (Å²) in [5.41, 5.74) is 0.120. The van der Waals surface area contributed by atoms with Gasteiger partial charge in [0.25, 0.3) is 0 Å². The molecular formula is C8H14N2O. The fourth-order valence-electron chi connectivity index (χ4n) is 0.681. The second-order valence-corrected chi connectivity index (χ2v) is 3.53. The van der Waals surface area contributed by atoms with Crippen LogP contribution in [0.1, 0.15) is 26.7 Å². The number of aromatic nitrogens is 1. The fraction of sp³-hybridized carbons (Fsp3) is 0.625. The first-order valence-corrected chi connectivity index (χ1v) is 3.71. The quantitative estimate of drug-likeness (QED) is 0.702. The molecule has 1 N–H and O–H groups in total. The Balaban J connectivity index is 2.35. The Labute approximate surface area is 66.8 Å². The molecule has 3 nitrogen and oxygen atoms in total. The van der Waals surface area contributed by atoms with Crippen LogP contribution in [-0.2, 0) is 6.54 Å². The maximum Gasteiger partial charge on any atom is 0.207 e. The van der Waals surface area contributed by atoms with Crippen molar-refractivity contribution in [3.8, 4) is 0 Å². The minimum absolute atomic E-state index is 0.120. The van der Waals surface area contributed by atoms with Crippen molar-refractivity contribution in [2.45, 2.75) is 32.9 Å². The highest BCUT2D eigenvalue weighted by atomic mass is 16.3. The third kappa shape index (κ3) is 3.18. The normalized spacial score (nSPS) is 11.9. The zero-order chi connectivity index (χ0) is 8.32. The van der Waals surface area contributed by atoms with Crippen LogP contribution in [0.4, 0.5) is 0 Å². The van der Waals surface area contributed by atoms with Crippen LogP contribution in [-0.4, -0.2) is 10.5 Å². The van der Waals surface area contributed by atoms with Gasteiger partial charge in [-0.1, -0.05) is 0 Å². The summed E-state index contributed by atoms with van der Waals surface area (Å²) in [5, 5.41) is 3.27. The Kier molecular flexibility index (Phi) is 2.29. The highest BCUT2D eigenvalue weighted by Crippen LogP contribution is 2.01. The summed E-state index contributed by atoms with van der Waals surface area (Å²) in [6, 6.07) is 0. The largest absolute Gasteiger partial charge is 0.448 e. The van der Waals surface area contributed by atoms with Crippen LogP contribution in [0.3, 0.4) is 0 Å². The summed E-state index contributed by atoms with van der Waals surface area (Å²) in [6.07, 6.45) is 3.24. The smallest absolute Gasteiger partial charge is 0.207 e. The molecule has 0 aromatic carbocycles. The lowest BCUT2D eigenvalue weighted by molar-refractivity contribution is 0.381. The summed E-state index contributed by atoms with van der Waals surface area (Å²) in [4.78, 5) is 3.99. The van der Waals surface area contributed by atoms with Gasteiger partial charge in [0.2, 0.25) is 5.89 Å². The van der Waals surface area contributed by atoms with Crippen molar-refractivity contribution >= 4 is 0 Å². The minimum atomic E-state index is 0.120. The molecular weight excluding hydrogens is 140 g/mol. The van der Waals surface area contributed by atoms with Crippen LogP contribution in [0.15, 0.2) is 16.9 Å². The van der Waals surface area contributed by atoms with Gasteiger partial charge in [-0.2, -0.15) is 0 Å². The molecule has 0 aliphatic carbocycles. The molecule has 11 heavy (non-hydrogen) atoms. The van der Waals surface area contributed by atoms with Crippen molar-refractivity contribution in [2.75, 3.05) is 0 Å². The molecule has 1 aromatic heterocycles. The molecule has 0 amide bonds. The number of nitrogens with zero attached hydrogens (tertiary/aromatic N) is 1. The van der Waals surface area contributed by atoms with E-state index in [0.29, 0.717) is 6.54 Å². The van der Waals surface area contributed by atoms with E-state index in [1.807, 2.05) is 0 Å². The molecule has 0 radical (unpaired) electrons. The second-order valence-electron chi connectivity index (χ2n) is 3.53. The van der Waals surface area contributed by atoms with Gasteiger partial charge in [-0.3, -0.25) is 0 Å². The lowest BCUT2D eigenvalue weighted by Crippen LogP contribution is -2.35. The van der Waals surface area contributed by atoms with Crippen molar-refractivity contribution in [2.24, 2.45) is 0 Å². The Morgan fingerprint density at radius 2 is 2.27 bits per heavy atom. The average molecular weight is 154 g/mol. The van der Waals surface area contributed by atoms with Gasteiger partial charge in [0.05, 0.1) is 12.7 Å². The monoisotopic (exact) mass is 154 g/mol. The van der Waals surface area contributed by atoms with Gasteiger partial charge in [0, 0.05) is 5.54 Å². The zero-order valence-corrected chi connectivity index (χ0v) is 7.22. The van der Waals surface area contributed by atoms with E-state index in [9.17, 15) is 0 Å². The molecule has 0 bridgehead atoms. The van der Waals surface area contributed by atoms with Crippen molar-refractivity contribution in [1.29, 1.82) is 0 Å². The molecule has 0 unspecified atom stereocenters. The standard InChI is InChI=1S/C8H14N2O/c1-8(2,3)10-6-7-9-4-5-11-7/h4-5,10H,6H2,1-3H3. The zero-order valence-electron chi connectivity index (χ0n) is 7.22. The summed E-state index contributed by atoms with van der Waals surface area (Å²) in [7, 11) is 0. The highest BCUT2D eigenvalue weighted by molar-refractivity contribution is 4.81. The molecule has 0 atom stereocenters. The Hall–Kier alpha value is -0.830. The van der Waals surface area contributed by atoms with Crippen LogP contribution >= 0.6 is 0 Å². The van der Waals surface area contributed by atoms with E-state index in [4.69, 9.17) is 4.42 Å². The molecule has 0 saturated heterocycles. The highest BCUT2D eigenvalue weighted by Gasteiger charge is 2.09. The van der Waals surface area contributed by atoms with Gasteiger partial charge < -0.3 is 9.73 Å². The Morgan fingerprint density at radius 1 is 1.55 bits per heavy atom. The summed E-state index contributed by atoms with van der Waals surface area (Å²) >= 11 is 0. The third-order valence-corrected chi connectivity index (χ3v) is 1.25. The lowest BCUT2D eigenvalue weighted by Gasteiger charge is -2.18. The van der Waals surface area contributed by atoms with Gasteiger partial charge >= 0.3 is 0 Å². The van der Waals surface area contributed by atoms with Gasteiger partial charge in [0.1, 0.15) is 6.26 Å².